The second kappa shape index (κ2) is 5.64. The standard InChI is InChI=1S/C10H15F3N2O4/c1-14(5-10(11,12)13)9(18)15(2)7-4-19-3-6(7)8(16)17/h6-7H,3-5H2,1-2H3,(H,16,17). The number of carboxylic acid groups (broad SMARTS) is 1. The molecule has 0 spiro atoms. The van der Waals surface area contributed by atoms with Gasteiger partial charge in [0.2, 0.25) is 0 Å². The van der Waals surface area contributed by atoms with E-state index in [1.165, 1.54) is 7.05 Å². The van der Waals surface area contributed by atoms with E-state index in [2.05, 4.69) is 0 Å². The van der Waals surface area contributed by atoms with Gasteiger partial charge < -0.3 is 19.6 Å². The molecule has 9 heteroatoms. The van der Waals surface area contributed by atoms with Crippen LogP contribution in [0.3, 0.4) is 0 Å². The van der Waals surface area contributed by atoms with Crippen LogP contribution in [0, 0.1) is 5.92 Å². The number of rotatable bonds is 3. The van der Waals surface area contributed by atoms with Crippen molar-refractivity contribution in [3.05, 3.63) is 0 Å². The first kappa shape index (κ1) is 15.5. The SMILES string of the molecule is CN(CC(F)(F)F)C(=O)N(C)C1COCC1C(=O)O. The Kier molecular flexibility index (Phi) is 4.61. The van der Waals surface area contributed by atoms with Crippen LogP contribution >= 0.6 is 0 Å². The smallest absolute Gasteiger partial charge is 0.406 e. The summed E-state index contributed by atoms with van der Waals surface area (Å²) in [6.45, 7) is -1.44. The molecule has 1 N–H and O–H groups in total. The zero-order chi connectivity index (χ0) is 14.8. The van der Waals surface area contributed by atoms with Gasteiger partial charge >= 0.3 is 18.2 Å². The van der Waals surface area contributed by atoms with E-state index in [4.69, 9.17) is 9.84 Å². The number of urea groups is 1. The Balaban J connectivity index is 2.68. The van der Waals surface area contributed by atoms with E-state index in [-0.39, 0.29) is 13.2 Å². The maximum absolute atomic E-state index is 12.2. The molecule has 0 aromatic rings. The summed E-state index contributed by atoms with van der Waals surface area (Å²) < 4.78 is 41.5. The molecule has 0 bridgehead atoms. The zero-order valence-electron chi connectivity index (χ0n) is 10.5. The second-order valence-electron chi connectivity index (χ2n) is 4.41. The molecule has 110 valence electrons. The van der Waals surface area contributed by atoms with E-state index >= 15 is 0 Å². The predicted molar refractivity (Wildman–Crippen MR) is 57.6 cm³/mol. The third-order valence-electron chi connectivity index (χ3n) is 2.91. The van der Waals surface area contributed by atoms with Crippen molar-refractivity contribution in [2.24, 2.45) is 5.92 Å². The van der Waals surface area contributed by atoms with E-state index in [9.17, 15) is 22.8 Å². The fraction of sp³-hybridized carbons (Fsp3) is 0.800. The van der Waals surface area contributed by atoms with Gasteiger partial charge in [0.15, 0.2) is 0 Å². The molecule has 0 aliphatic carbocycles. The average molecular weight is 284 g/mol. The van der Waals surface area contributed by atoms with E-state index in [0.717, 1.165) is 11.9 Å². The number of carboxylic acids is 1. The first-order valence-electron chi connectivity index (χ1n) is 5.48. The van der Waals surface area contributed by atoms with Gasteiger partial charge in [0.25, 0.3) is 0 Å². The summed E-state index contributed by atoms with van der Waals surface area (Å²) in [6, 6.07) is -1.65. The lowest BCUT2D eigenvalue weighted by atomic mass is 10.0. The lowest BCUT2D eigenvalue weighted by molar-refractivity contribution is -0.144. The van der Waals surface area contributed by atoms with Crippen LogP contribution in [0.2, 0.25) is 0 Å². The molecule has 0 saturated carbocycles. The summed E-state index contributed by atoms with van der Waals surface area (Å²) >= 11 is 0. The number of aliphatic carboxylic acids is 1. The maximum atomic E-state index is 12.2. The molecule has 0 aromatic carbocycles. The molecular formula is C10H15F3N2O4. The Morgan fingerprint density at radius 3 is 2.37 bits per heavy atom. The Morgan fingerprint density at radius 2 is 1.89 bits per heavy atom. The fourth-order valence-electron chi connectivity index (χ4n) is 1.91. The molecule has 1 rings (SSSR count). The first-order valence-corrected chi connectivity index (χ1v) is 5.48. The highest BCUT2D eigenvalue weighted by atomic mass is 19.4. The fourth-order valence-corrected chi connectivity index (χ4v) is 1.91. The van der Waals surface area contributed by atoms with Gasteiger partial charge in [-0.3, -0.25) is 4.79 Å². The minimum atomic E-state index is -4.50. The van der Waals surface area contributed by atoms with Crippen molar-refractivity contribution in [1.82, 2.24) is 9.80 Å². The van der Waals surface area contributed by atoms with Crippen LogP contribution in [0.25, 0.3) is 0 Å². The molecule has 2 unspecified atom stereocenters. The molecule has 6 nitrogen and oxygen atoms in total. The average Bonchev–Trinajstić information content (AvgIpc) is 2.73. The Bertz CT molecular complexity index is 361. The van der Waals surface area contributed by atoms with Gasteiger partial charge in [-0.2, -0.15) is 13.2 Å². The van der Waals surface area contributed by atoms with Gasteiger partial charge in [0.05, 0.1) is 19.3 Å². The lowest BCUT2D eigenvalue weighted by Gasteiger charge is -2.30. The van der Waals surface area contributed by atoms with Crippen LogP contribution in [0.15, 0.2) is 0 Å². The molecule has 0 aromatic heterocycles. The summed E-state index contributed by atoms with van der Waals surface area (Å²) in [5.74, 6) is -2.06. The maximum Gasteiger partial charge on any atom is 0.406 e. The highest BCUT2D eigenvalue weighted by Gasteiger charge is 2.40. The molecule has 2 amide bonds. The number of carbonyl (C=O) groups excluding carboxylic acids is 1. The van der Waals surface area contributed by atoms with Crippen LogP contribution in [0.4, 0.5) is 18.0 Å². The van der Waals surface area contributed by atoms with Gasteiger partial charge in [0, 0.05) is 14.1 Å². The largest absolute Gasteiger partial charge is 0.481 e. The summed E-state index contributed by atoms with van der Waals surface area (Å²) in [4.78, 5) is 24.2. The van der Waals surface area contributed by atoms with Crippen LogP contribution in [-0.4, -0.2) is 73.0 Å². The van der Waals surface area contributed by atoms with Crippen LogP contribution in [0.5, 0.6) is 0 Å². The van der Waals surface area contributed by atoms with E-state index in [1.807, 2.05) is 0 Å². The van der Waals surface area contributed by atoms with Gasteiger partial charge in [-0.15, -0.1) is 0 Å². The van der Waals surface area contributed by atoms with Crippen molar-refractivity contribution in [3.63, 3.8) is 0 Å². The number of nitrogens with zero attached hydrogens (tertiary/aromatic N) is 2. The van der Waals surface area contributed by atoms with Crippen molar-refractivity contribution in [1.29, 1.82) is 0 Å². The van der Waals surface area contributed by atoms with Gasteiger partial charge in [-0.1, -0.05) is 0 Å². The molecule has 1 aliphatic heterocycles. The topological polar surface area (TPSA) is 70.1 Å². The number of halogens is 3. The van der Waals surface area contributed by atoms with E-state index < -0.39 is 36.7 Å². The van der Waals surface area contributed by atoms with Gasteiger partial charge in [-0.05, 0) is 0 Å². The van der Waals surface area contributed by atoms with Crippen molar-refractivity contribution >= 4 is 12.0 Å². The van der Waals surface area contributed by atoms with Gasteiger partial charge in [0.1, 0.15) is 12.5 Å². The summed E-state index contributed by atoms with van der Waals surface area (Å²) in [5.41, 5.74) is 0. The van der Waals surface area contributed by atoms with E-state index in [0.29, 0.717) is 4.90 Å². The molecular weight excluding hydrogens is 269 g/mol. The second-order valence-corrected chi connectivity index (χ2v) is 4.41. The minimum Gasteiger partial charge on any atom is -0.481 e. The minimum absolute atomic E-state index is 0.000928. The Hall–Kier alpha value is -1.51. The number of amides is 2. The molecule has 1 heterocycles. The molecule has 1 aliphatic rings. The number of hydrogen-bond donors (Lipinski definition) is 1. The summed E-state index contributed by atoms with van der Waals surface area (Å²) in [5, 5.41) is 8.93. The number of carbonyl (C=O) groups is 2. The number of alkyl halides is 3. The van der Waals surface area contributed by atoms with Crippen molar-refractivity contribution in [3.8, 4) is 0 Å². The molecule has 0 radical (unpaired) electrons. The summed E-state index contributed by atoms with van der Waals surface area (Å²) in [6.07, 6.45) is -4.50. The number of hydrogen-bond acceptors (Lipinski definition) is 3. The van der Waals surface area contributed by atoms with Crippen molar-refractivity contribution in [2.75, 3.05) is 33.9 Å². The number of likely N-dealkylation sites (N-methyl/N-ethyl adjacent to an activating group) is 1. The van der Waals surface area contributed by atoms with Crippen LogP contribution in [0.1, 0.15) is 0 Å². The highest BCUT2D eigenvalue weighted by Crippen LogP contribution is 2.21. The van der Waals surface area contributed by atoms with Crippen LogP contribution in [-0.2, 0) is 9.53 Å². The number of ether oxygens (including phenoxy) is 1. The first-order chi connectivity index (χ1) is 8.63. The zero-order valence-corrected chi connectivity index (χ0v) is 10.5. The van der Waals surface area contributed by atoms with Gasteiger partial charge in [-0.25, -0.2) is 4.79 Å². The van der Waals surface area contributed by atoms with Crippen molar-refractivity contribution < 1.29 is 32.6 Å². The lowest BCUT2D eigenvalue weighted by Crippen LogP contribution is -2.50. The molecule has 19 heavy (non-hydrogen) atoms. The van der Waals surface area contributed by atoms with Crippen molar-refractivity contribution in [2.45, 2.75) is 12.2 Å². The Morgan fingerprint density at radius 1 is 1.32 bits per heavy atom. The summed E-state index contributed by atoms with van der Waals surface area (Å²) in [7, 11) is 2.28. The molecule has 2 atom stereocenters. The predicted octanol–water partition coefficient (Wildman–Crippen LogP) is 0.632. The molecule has 1 fully saturated rings. The quantitative estimate of drug-likeness (QED) is 0.825. The molecule has 1 saturated heterocycles. The third kappa shape index (κ3) is 3.98. The highest BCUT2D eigenvalue weighted by molar-refractivity contribution is 5.77. The monoisotopic (exact) mass is 284 g/mol. The van der Waals surface area contributed by atoms with Crippen LogP contribution < -0.4 is 0 Å². The van der Waals surface area contributed by atoms with E-state index in [1.54, 1.807) is 0 Å². The third-order valence-corrected chi connectivity index (χ3v) is 2.91. The Labute approximate surface area is 107 Å². The normalized spacial score (nSPS) is 23.2.